The number of thioether (sulfide) groups is 1. The van der Waals surface area contributed by atoms with Crippen LogP contribution in [-0.4, -0.2) is 10.4 Å². The first-order chi connectivity index (χ1) is 8.69. The van der Waals surface area contributed by atoms with E-state index in [0.717, 1.165) is 16.7 Å². The molecule has 1 aromatic rings. The predicted molar refractivity (Wildman–Crippen MR) is 79.0 cm³/mol. The van der Waals surface area contributed by atoms with Crippen LogP contribution in [0.4, 0.5) is 0 Å². The van der Waals surface area contributed by atoms with Crippen molar-refractivity contribution in [3.63, 3.8) is 0 Å². The zero-order chi connectivity index (χ0) is 13.0. The van der Waals surface area contributed by atoms with Crippen molar-refractivity contribution in [3.8, 4) is 0 Å². The van der Waals surface area contributed by atoms with Crippen molar-refractivity contribution in [3.05, 3.63) is 29.8 Å². The summed E-state index contributed by atoms with van der Waals surface area (Å²) in [5, 5.41) is 10.4. The molecule has 0 spiro atoms. The zero-order valence-corrected chi connectivity index (χ0v) is 12.2. The molecular formula is C16H24OS. The number of rotatable bonds is 4. The van der Waals surface area contributed by atoms with Crippen LogP contribution in [0.2, 0.25) is 0 Å². The molecule has 1 aliphatic rings. The van der Waals surface area contributed by atoms with E-state index < -0.39 is 0 Å². The normalized spacial score (nSPS) is 25.9. The van der Waals surface area contributed by atoms with Gasteiger partial charge in [0.25, 0.3) is 0 Å². The summed E-state index contributed by atoms with van der Waals surface area (Å²) in [6.45, 7) is 4.14. The van der Waals surface area contributed by atoms with Crippen LogP contribution in [0.3, 0.4) is 0 Å². The van der Waals surface area contributed by atoms with Crippen LogP contribution < -0.4 is 0 Å². The number of hydrogen-bond acceptors (Lipinski definition) is 2. The molecular weight excluding hydrogens is 240 g/mol. The van der Waals surface area contributed by atoms with E-state index in [2.05, 4.69) is 25.1 Å². The average molecular weight is 264 g/mol. The average Bonchev–Trinajstić information content (AvgIpc) is 2.39. The fourth-order valence-corrected chi connectivity index (χ4v) is 4.16. The third-order valence-electron chi connectivity index (χ3n) is 3.96. The van der Waals surface area contributed by atoms with E-state index in [4.69, 9.17) is 0 Å². The third-order valence-corrected chi connectivity index (χ3v) is 5.24. The van der Waals surface area contributed by atoms with Gasteiger partial charge in [-0.2, -0.15) is 0 Å². The molecule has 1 fully saturated rings. The molecule has 1 saturated carbocycles. The molecule has 3 atom stereocenters. The molecule has 0 bridgehead atoms. The maximum atomic E-state index is 9.62. The Morgan fingerprint density at radius 3 is 2.94 bits per heavy atom. The SMILES string of the molecule is CCC1CCCC(Sc2cccc(C(C)O)c2)C1. The van der Waals surface area contributed by atoms with E-state index in [-0.39, 0.29) is 6.10 Å². The lowest BCUT2D eigenvalue weighted by molar-refractivity contribution is 0.199. The molecule has 1 aromatic carbocycles. The van der Waals surface area contributed by atoms with Crippen LogP contribution >= 0.6 is 11.8 Å². The maximum Gasteiger partial charge on any atom is 0.0762 e. The van der Waals surface area contributed by atoms with Crippen molar-refractivity contribution in [1.82, 2.24) is 0 Å². The Bertz CT molecular complexity index is 375. The van der Waals surface area contributed by atoms with Gasteiger partial charge in [0, 0.05) is 10.1 Å². The summed E-state index contributed by atoms with van der Waals surface area (Å²) < 4.78 is 0. The van der Waals surface area contributed by atoms with Crippen LogP contribution in [0.5, 0.6) is 0 Å². The number of benzene rings is 1. The molecule has 2 heteroatoms. The summed E-state index contributed by atoms with van der Waals surface area (Å²) in [6, 6.07) is 8.38. The van der Waals surface area contributed by atoms with Crippen molar-refractivity contribution >= 4 is 11.8 Å². The molecule has 1 aliphatic carbocycles. The van der Waals surface area contributed by atoms with Gasteiger partial charge in [-0.3, -0.25) is 0 Å². The molecule has 1 N–H and O–H groups in total. The van der Waals surface area contributed by atoms with E-state index in [9.17, 15) is 5.11 Å². The van der Waals surface area contributed by atoms with Gasteiger partial charge in [-0.15, -0.1) is 11.8 Å². The fraction of sp³-hybridized carbons (Fsp3) is 0.625. The highest BCUT2D eigenvalue weighted by Crippen LogP contribution is 2.37. The van der Waals surface area contributed by atoms with Crippen molar-refractivity contribution < 1.29 is 5.11 Å². The van der Waals surface area contributed by atoms with Gasteiger partial charge in [-0.25, -0.2) is 0 Å². The van der Waals surface area contributed by atoms with E-state index in [0.29, 0.717) is 0 Å². The maximum absolute atomic E-state index is 9.62. The van der Waals surface area contributed by atoms with Gasteiger partial charge in [0.1, 0.15) is 0 Å². The summed E-state index contributed by atoms with van der Waals surface area (Å²) in [7, 11) is 0. The second kappa shape index (κ2) is 6.63. The van der Waals surface area contributed by atoms with E-state index in [1.807, 2.05) is 24.8 Å². The molecule has 0 radical (unpaired) electrons. The minimum absolute atomic E-state index is 0.361. The van der Waals surface area contributed by atoms with Crippen molar-refractivity contribution in [2.45, 2.75) is 62.2 Å². The number of hydrogen-bond donors (Lipinski definition) is 1. The van der Waals surface area contributed by atoms with Crippen molar-refractivity contribution in [2.75, 3.05) is 0 Å². The minimum Gasteiger partial charge on any atom is -0.389 e. The van der Waals surface area contributed by atoms with Gasteiger partial charge in [-0.05, 0) is 43.4 Å². The Balaban J connectivity index is 1.98. The van der Waals surface area contributed by atoms with Crippen LogP contribution in [-0.2, 0) is 0 Å². The fourth-order valence-electron chi connectivity index (χ4n) is 2.76. The van der Waals surface area contributed by atoms with Crippen LogP contribution in [0, 0.1) is 5.92 Å². The summed E-state index contributed by atoms with van der Waals surface area (Å²) in [4.78, 5) is 1.31. The van der Waals surface area contributed by atoms with Crippen LogP contribution in [0.15, 0.2) is 29.2 Å². The first-order valence-electron chi connectivity index (χ1n) is 7.13. The molecule has 0 heterocycles. The lowest BCUT2D eigenvalue weighted by Gasteiger charge is -2.28. The molecule has 0 saturated heterocycles. The highest BCUT2D eigenvalue weighted by Gasteiger charge is 2.21. The first-order valence-corrected chi connectivity index (χ1v) is 8.01. The second-order valence-corrected chi connectivity index (χ2v) is 6.80. The molecule has 3 unspecified atom stereocenters. The molecule has 0 aliphatic heterocycles. The van der Waals surface area contributed by atoms with Gasteiger partial charge in [0.15, 0.2) is 0 Å². The summed E-state index contributed by atoms with van der Waals surface area (Å²) >= 11 is 2.00. The Kier molecular flexibility index (Phi) is 5.13. The lowest BCUT2D eigenvalue weighted by Crippen LogP contribution is -2.16. The molecule has 1 nitrogen and oxygen atoms in total. The molecule has 0 amide bonds. The summed E-state index contributed by atoms with van der Waals surface area (Å²) in [6.07, 6.45) is 6.47. The van der Waals surface area contributed by atoms with E-state index in [1.165, 1.54) is 37.0 Å². The smallest absolute Gasteiger partial charge is 0.0762 e. The first kappa shape index (κ1) is 14.0. The van der Waals surface area contributed by atoms with E-state index in [1.54, 1.807) is 0 Å². The molecule has 0 aromatic heterocycles. The lowest BCUT2D eigenvalue weighted by atomic mass is 9.87. The van der Waals surface area contributed by atoms with Crippen molar-refractivity contribution in [2.24, 2.45) is 5.92 Å². The predicted octanol–water partition coefficient (Wildman–Crippen LogP) is 4.80. The van der Waals surface area contributed by atoms with Gasteiger partial charge in [0.05, 0.1) is 6.10 Å². The Morgan fingerprint density at radius 1 is 1.39 bits per heavy atom. The summed E-state index contributed by atoms with van der Waals surface area (Å²) in [5.41, 5.74) is 1.03. The Labute approximate surface area is 115 Å². The van der Waals surface area contributed by atoms with Crippen molar-refractivity contribution in [1.29, 1.82) is 0 Å². The van der Waals surface area contributed by atoms with Crippen LogP contribution in [0.25, 0.3) is 0 Å². The largest absolute Gasteiger partial charge is 0.389 e. The topological polar surface area (TPSA) is 20.2 Å². The summed E-state index contributed by atoms with van der Waals surface area (Å²) in [5.74, 6) is 0.927. The van der Waals surface area contributed by atoms with E-state index >= 15 is 0 Å². The Hall–Kier alpha value is -0.470. The monoisotopic (exact) mass is 264 g/mol. The van der Waals surface area contributed by atoms with Gasteiger partial charge in [0.2, 0.25) is 0 Å². The second-order valence-electron chi connectivity index (χ2n) is 5.43. The van der Waals surface area contributed by atoms with Gasteiger partial charge < -0.3 is 5.11 Å². The molecule has 18 heavy (non-hydrogen) atoms. The van der Waals surface area contributed by atoms with Crippen LogP contribution in [0.1, 0.15) is 57.6 Å². The molecule has 2 rings (SSSR count). The third kappa shape index (κ3) is 3.76. The highest BCUT2D eigenvalue weighted by molar-refractivity contribution is 8.00. The highest BCUT2D eigenvalue weighted by atomic mass is 32.2. The van der Waals surface area contributed by atoms with Gasteiger partial charge >= 0.3 is 0 Å². The quantitative estimate of drug-likeness (QED) is 0.843. The standard InChI is InChI=1S/C16H24OS/c1-3-13-6-4-8-15(10-13)18-16-9-5-7-14(11-16)12(2)17/h5,7,9,11-13,15,17H,3-4,6,8,10H2,1-2H3. The number of aliphatic hydroxyl groups excluding tert-OH is 1. The molecule has 100 valence electrons. The minimum atomic E-state index is -0.361. The van der Waals surface area contributed by atoms with Gasteiger partial charge in [-0.1, -0.05) is 38.3 Å². The zero-order valence-electron chi connectivity index (χ0n) is 11.4. The number of aliphatic hydroxyl groups is 1. The Morgan fingerprint density at radius 2 is 2.22 bits per heavy atom.